The molecule has 0 heterocycles. The van der Waals surface area contributed by atoms with Crippen LogP contribution in [0.25, 0.3) is 0 Å². The molecule has 0 fully saturated rings. The summed E-state index contributed by atoms with van der Waals surface area (Å²) in [5.74, 6) is -2.88. The third-order valence-electron chi connectivity index (χ3n) is 2.47. The minimum atomic E-state index is -1.31. The Morgan fingerprint density at radius 1 is 0.783 bits per heavy atom. The molecule has 2 aromatic carbocycles. The van der Waals surface area contributed by atoms with Gasteiger partial charge in [-0.25, -0.2) is 9.59 Å². The summed E-state index contributed by atoms with van der Waals surface area (Å²) in [6, 6.07) is 7.11. The highest BCUT2D eigenvalue weighted by molar-refractivity contribution is 6.43. The summed E-state index contributed by atoms with van der Waals surface area (Å²) in [4.78, 5) is 20.9. The van der Waals surface area contributed by atoms with Gasteiger partial charge in [0, 0.05) is 0 Å². The maximum Gasteiger partial charge on any atom is 0.341 e. The highest BCUT2D eigenvalue weighted by atomic mass is 35.5. The smallest absolute Gasteiger partial charge is 0.341 e. The zero-order valence-corrected chi connectivity index (χ0v) is 14.1. The Bertz CT molecular complexity index is 761. The van der Waals surface area contributed by atoms with Crippen LogP contribution < -0.4 is 0 Å². The van der Waals surface area contributed by atoms with Crippen LogP contribution in [0.5, 0.6) is 5.75 Å². The first-order valence-electron chi connectivity index (χ1n) is 5.74. The molecular formula is C14H8Cl4O5. The van der Waals surface area contributed by atoms with E-state index in [1.165, 1.54) is 30.3 Å². The fraction of sp³-hybridized carbons (Fsp3) is 0. The first-order valence-corrected chi connectivity index (χ1v) is 7.25. The van der Waals surface area contributed by atoms with E-state index in [1.807, 2.05) is 0 Å². The predicted octanol–water partition coefficient (Wildman–Crippen LogP) is 5.09. The van der Waals surface area contributed by atoms with Gasteiger partial charge in [-0.3, -0.25) is 0 Å². The zero-order chi connectivity index (χ0) is 17.7. The molecule has 122 valence electrons. The van der Waals surface area contributed by atoms with E-state index in [9.17, 15) is 9.59 Å². The second kappa shape index (κ2) is 8.26. The molecule has 5 nitrogen and oxygen atoms in total. The standard InChI is InChI=1S/C7H4Cl2O3.C7H4Cl2O2/c8-3-1-2-4(9)6(10)5(3)7(11)12;8-5-3-1-2-4(6(5)9)7(10)11/h1-2,10H,(H,11,12);1-3H,(H,10,11). The highest BCUT2D eigenvalue weighted by Crippen LogP contribution is 2.32. The van der Waals surface area contributed by atoms with Crippen molar-refractivity contribution in [2.75, 3.05) is 0 Å². The number of aromatic hydroxyl groups is 1. The van der Waals surface area contributed by atoms with Crippen LogP contribution in [0, 0.1) is 0 Å². The molecule has 23 heavy (non-hydrogen) atoms. The average Bonchev–Trinajstić information content (AvgIpc) is 2.46. The molecule has 0 bridgehead atoms. The quantitative estimate of drug-likeness (QED) is 0.655. The second-order valence-electron chi connectivity index (χ2n) is 3.96. The molecule has 0 aliphatic carbocycles. The van der Waals surface area contributed by atoms with Crippen LogP contribution in [0.3, 0.4) is 0 Å². The summed E-state index contributed by atoms with van der Waals surface area (Å²) >= 11 is 22.1. The molecule has 0 aliphatic heterocycles. The van der Waals surface area contributed by atoms with Crippen molar-refractivity contribution in [1.29, 1.82) is 0 Å². The first-order chi connectivity index (χ1) is 10.7. The minimum Gasteiger partial charge on any atom is -0.505 e. The van der Waals surface area contributed by atoms with Gasteiger partial charge in [0.1, 0.15) is 11.3 Å². The summed E-state index contributed by atoms with van der Waals surface area (Å²) in [5.41, 5.74) is -0.344. The van der Waals surface area contributed by atoms with E-state index in [1.54, 1.807) is 0 Å². The van der Waals surface area contributed by atoms with E-state index in [2.05, 4.69) is 0 Å². The molecule has 0 saturated carbocycles. The molecule has 0 amide bonds. The number of aromatic carboxylic acids is 2. The molecule has 0 radical (unpaired) electrons. The average molecular weight is 398 g/mol. The Morgan fingerprint density at radius 3 is 1.78 bits per heavy atom. The van der Waals surface area contributed by atoms with Crippen LogP contribution in [0.15, 0.2) is 30.3 Å². The molecule has 0 spiro atoms. The van der Waals surface area contributed by atoms with Crippen LogP contribution in [-0.4, -0.2) is 27.3 Å². The Hall–Kier alpha value is -1.66. The van der Waals surface area contributed by atoms with E-state index in [0.29, 0.717) is 0 Å². The monoisotopic (exact) mass is 396 g/mol. The largest absolute Gasteiger partial charge is 0.505 e. The van der Waals surface area contributed by atoms with E-state index in [0.717, 1.165) is 0 Å². The molecule has 0 aromatic heterocycles. The topological polar surface area (TPSA) is 94.8 Å². The van der Waals surface area contributed by atoms with Crippen molar-refractivity contribution in [1.82, 2.24) is 0 Å². The van der Waals surface area contributed by atoms with Crippen molar-refractivity contribution in [2.45, 2.75) is 0 Å². The lowest BCUT2D eigenvalue weighted by Crippen LogP contribution is -1.97. The van der Waals surface area contributed by atoms with Gasteiger partial charge in [-0.2, -0.15) is 0 Å². The van der Waals surface area contributed by atoms with E-state index in [-0.39, 0.29) is 31.2 Å². The fourth-order valence-electron chi connectivity index (χ4n) is 1.41. The minimum absolute atomic E-state index is 0.0270. The Morgan fingerprint density at radius 2 is 1.35 bits per heavy atom. The Labute approximate surface area is 150 Å². The van der Waals surface area contributed by atoms with Crippen LogP contribution in [0.1, 0.15) is 20.7 Å². The lowest BCUT2D eigenvalue weighted by molar-refractivity contribution is 0.0684. The normalized spacial score (nSPS) is 9.74. The van der Waals surface area contributed by atoms with Gasteiger partial charge in [0.15, 0.2) is 0 Å². The van der Waals surface area contributed by atoms with Crippen molar-refractivity contribution in [2.24, 2.45) is 0 Å². The Balaban J connectivity index is 0.000000231. The number of phenols is 1. The summed E-state index contributed by atoms with van der Waals surface area (Å²) in [6.07, 6.45) is 0. The van der Waals surface area contributed by atoms with E-state index >= 15 is 0 Å². The lowest BCUT2D eigenvalue weighted by Gasteiger charge is -2.02. The van der Waals surface area contributed by atoms with Crippen molar-refractivity contribution >= 4 is 58.3 Å². The Kier molecular flexibility index (Phi) is 6.97. The molecule has 0 atom stereocenters. The van der Waals surface area contributed by atoms with Gasteiger partial charge in [-0.1, -0.05) is 52.5 Å². The number of hydrogen-bond donors (Lipinski definition) is 3. The second-order valence-corrected chi connectivity index (χ2v) is 5.56. The van der Waals surface area contributed by atoms with E-state index in [4.69, 9.17) is 61.7 Å². The molecule has 0 aliphatic rings. The number of hydrogen-bond acceptors (Lipinski definition) is 3. The van der Waals surface area contributed by atoms with Crippen LogP contribution in [0.4, 0.5) is 0 Å². The molecule has 2 aromatic rings. The summed E-state index contributed by atoms with van der Waals surface area (Å²) in [5, 5.41) is 26.5. The predicted molar refractivity (Wildman–Crippen MR) is 88.5 cm³/mol. The molecule has 0 saturated heterocycles. The van der Waals surface area contributed by atoms with Crippen molar-refractivity contribution < 1.29 is 24.9 Å². The summed E-state index contributed by atoms with van der Waals surface area (Å²) in [7, 11) is 0. The number of halogens is 4. The van der Waals surface area contributed by atoms with Gasteiger partial charge >= 0.3 is 11.9 Å². The number of carbonyl (C=O) groups is 2. The molecule has 3 N–H and O–H groups in total. The summed E-state index contributed by atoms with van der Waals surface area (Å²) < 4.78 is 0. The number of benzene rings is 2. The van der Waals surface area contributed by atoms with Gasteiger partial charge in [-0.15, -0.1) is 0 Å². The molecule has 9 heteroatoms. The lowest BCUT2D eigenvalue weighted by atomic mass is 10.2. The zero-order valence-electron chi connectivity index (χ0n) is 11.1. The van der Waals surface area contributed by atoms with Crippen LogP contribution >= 0.6 is 46.4 Å². The third kappa shape index (κ3) is 4.91. The number of carboxylic acid groups (broad SMARTS) is 2. The fourth-order valence-corrected chi connectivity index (χ4v) is 2.19. The highest BCUT2D eigenvalue weighted by Gasteiger charge is 2.16. The number of rotatable bonds is 2. The van der Waals surface area contributed by atoms with E-state index < -0.39 is 17.7 Å². The number of carboxylic acids is 2. The van der Waals surface area contributed by atoms with Crippen molar-refractivity contribution in [3.63, 3.8) is 0 Å². The SMILES string of the molecule is O=C(O)c1c(Cl)ccc(Cl)c1O.O=C(O)c1cccc(Cl)c1Cl. The third-order valence-corrected chi connectivity index (χ3v) is 3.91. The summed E-state index contributed by atoms with van der Waals surface area (Å²) in [6.45, 7) is 0. The van der Waals surface area contributed by atoms with Gasteiger partial charge in [0.2, 0.25) is 0 Å². The van der Waals surface area contributed by atoms with Crippen LogP contribution in [0.2, 0.25) is 20.1 Å². The maximum absolute atomic E-state index is 10.5. The van der Waals surface area contributed by atoms with Crippen molar-refractivity contribution in [3.05, 3.63) is 61.5 Å². The van der Waals surface area contributed by atoms with Gasteiger partial charge in [0.25, 0.3) is 0 Å². The molecular weight excluding hydrogens is 390 g/mol. The maximum atomic E-state index is 10.5. The molecule has 0 unspecified atom stereocenters. The first kappa shape index (κ1) is 19.4. The van der Waals surface area contributed by atoms with Gasteiger partial charge in [0.05, 0.1) is 25.7 Å². The van der Waals surface area contributed by atoms with Gasteiger partial charge in [-0.05, 0) is 24.3 Å². The van der Waals surface area contributed by atoms with Gasteiger partial charge < -0.3 is 15.3 Å². The van der Waals surface area contributed by atoms with Crippen molar-refractivity contribution in [3.8, 4) is 5.75 Å². The molecule has 2 rings (SSSR count). The van der Waals surface area contributed by atoms with Crippen LogP contribution in [-0.2, 0) is 0 Å².